The number of ketones is 2. The van der Waals surface area contributed by atoms with E-state index in [1.54, 1.807) is 30.5 Å². The highest BCUT2D eigenvalue weighted by Gasteiger charge is 2.35. The molecule has 0 bridgehead atoms. The van der Waals surface area contributed by atoms with Crippen LogP contribution < -0.4 is 5.73 Å². The lowest BCUT2D eigenvalue weighted by atomic mass is 9.99. The summed E-state index contributed by atoms with van der Waals surface area (Å²) in [5.41, 5.74) is 5.53. The Morgan fingerprint density at radius 2 is 1.66 bits per heavy atom. The van der Waals surface area contributed by atoms with Gasteiger partial charge in [-0.15, -0.1) is 5.10 Å². The number of Topliss-reactive ketones (excluding diaryl/α,β-unsaturated/α-hetero) is 2. The van der Waals surface area contributed by atoms with Crippen LogP contribution in [-0.2, 0) is 9.59 Å². The number of aromatic nitrogens is 2. The van der Waals surface area contributed by atoms with Crippen molar-refractivity contribution >= 4 is 29.0 Å². The number of primary amides is 1. The largest absolute Gasteiger partial charge is 0.394 e. The Kier molecular flexibility index (Phi) is 13.1. The number of nitrogens with zero attached hydrogens (tertiary/aromatic N) is 2. The predicted octanol–water partition coefficient (Wildman–Crippen LogP) is -2.10. The standard InChI is InChI=1S/C8H14O7.C7H7NO.C2H2N2S/c1-3(10)5(12)7(14)8(15)6(13)4(11)2-9;8-7(9)6-4-2-1-3-5-6;1-2-5-4-3-1/h4,6-9,11,13-15H,2H2,1H3;1-5H,(H2,8,9);1-2H. The zero-order chi connectivity index (χ0) is 22.4. The Morgan fingerprint density at radius 1 is 1.07 bits per heavy atom. The van der Waals surface area contributed by atoms with Gasteiger partial charge >= 0.3 is 0 Å². The maximum atomic E-state index is 10.9. The monoisotopic (exact) mass is 429 g/mol. The molecular formula is C17H23N3O8S. The average Bonchev–Trinajstić information content (AvgIpc) is 3.32. The second-order valence-electron chi connectivity index (χ2n) is 5.41. The Bertz CT molecular complexity index is 712. The Hall–Kier alpha value is -2.61. The van der Waals surface area contributed by atoms with Gasteiger partial charge in [0.1, 0.15) is 24.4 Å². The van der Waals surface area contributed by atoms with Gasteiger partial charge in [-0.1, -0.05) is 22.7 Å². The van der Waals surface area contributed by atoms with E-state index in [0.717, 1.165) is 6.92 Å². The van der Waals surface area contributed by atoms with Crippen molar-refractivity contribution in [3.8, 4) is 0 Å². The fraction of sp³-hybridized carbons (Fsp3) is 0.353. The fourth-order valence-corrected chi connectivity index (χ4v) is 1.90. The lowest BCUT2D eigenvalue weighted by Gasteiger charge is -2.24. The molecule has 1 amide bonds. The summed E-state index contributed by atoms with van der Waals surface area (Å²) in [7, 11) is 0. The number of rotatable bonds is 7. The summed E-state index contributed by atoms with van der Waals surface area (Å²) in [5.74, 6) is -2.63. The van der Waals surface area contributed by atoms with Gasteiger partial charge in [-0.25, -0.2) is 0 Å². The van der Waals surface area contributed by atoms with Crippen LogP contribution in [0.1, 0.15) is 17.3 Å². The lowest BCUT2D eigenvalue weighted by molar-refractivity contribution is -0.153. The van der Waals surface area contributed by atoms with Crippen LogP contribution in [0.4, 0.5) is 0 Å². The van der Waals surface area contributed by atoms with Crippen LogP contribution in [0.25, 0.3) is 0 Å². The molecule has 0 saturated heterocycles. The number of benzene rings is 1. The van der Waals surface area contributed by atoms with Crippen LogP contribution in [0.15, 0.2) is 41.9 Å². The van der Waals surface area contributed by atoms with E-state index in [4.69, 9.17) is 31.3 Å². The molecule has 0 radical (unpaired) electrons. The highest BCUT2D eigenvalue weighted by atomic mass is 32.1. The van der Waals surface area contributed by atoms with Crippen molar-refractivity contribution in [2.45, 2.75) is 31.3 Å². The van der Waals surface area contributed by atoms with E-state index in [0.29, 0.717) is 5.56 Å². The first-order chi connectivity index (χ1) is 13.6. The lowest BCUT2D eigenvalue weighted by Crippen LogP contribution is -2.49. The van der Waals surface area contributed by atoms with Gasteiger partial charge in [0.05, 0.1) is 12.8 Å². The molecule has 1 heterocycles. The molecule has 12 heteroatoms. The van der Waals surface area contributed by atoms with E-state index in [-0.39, 0.29) is 5.91 Å². The zero-order valence-corrected chi connectivity index (χ0v) is 16.2. The summed E-state index contributed by atoms with van der Waals surface area (Å²) in [6.45, 7) is 0.0480. The van der Waals surface area contributed by atoms with Gasteiger partial charge in [0, 0.05) is 17.9 Å². The van der Waals surface area contributed by atoms with Crippen LogP contribution in [0.2, 0.25) is 0 Å². The minimum Gasteiger partial charge on any atom is -0.394 e. The number of hydrogen-bond acceptors (Lipinski definition) is 11. The van der Waals surface area contributed by atoms with Gasteiger partial charge in [0.15, 0.2) is 5.78 Å². The van der Waals surface area contributed by atoms with E-state index >= 15 is 0 Å². The van der Waals surface area contributed by atoms with Crippen LogP contribution in [0.3, 0.4) is 0 Å². The molecule has 4 atom stereocenters. The van der Waals surface area contributed by atoms with Crippen molar-refractivity contribution in [1.82, 2.24) is 9.59 Å². The number of carbonyl (C=O) groups is 3. The summed E-state index contributed by atoms with van der Waals surface area (Å²) in [6.07, 6.45) is -6.09. The molecule has 2 rings (SSSR count). The molecule has 0 spiro atoms. The summed E-state index contributed by atoms with van der Waals surface area (Å²) in [4.78, 5) is 31.8. The van der Waals surface area contributed by atoms with Crippen molar-refractivity contribution in [2.24, 2.45) is 5.73 Å². The number of carbonyl (C=O) groups excluding carboxylic acids is 3. The van der Waals surface area contributed by atoms with Crippen LogP contribution in [0, 0.1) is 0 Å². The van der Waals surface area contributed by atoms with Gasteiger partial charge in [-0.05, 0) is 23.7 Å². The molecule has 2 aromatic rings. The first kappa shape index (κ1) is 26.4. The van der Waals surface area contributed by atoms with Gasteiger partial charge in [-0.2, -0.15) is 0 Å². The number of aliphatic hydroxyl groups excluding tert-OH is 5. The third-order valence-electron chi connectivity index (χ3n) is 3.21. The van der Waals surface area contributed by atoms with Gasteiger partial charge < -0.3 is 31.3 Å². The Balaban J connectivity index is 0.000000464. The van der Waals surface area contributed by atoms with Crippen molar-refractivity contribution in [3.63, 3.8) is 0 Å². The number of hydrogen-bond donors (Lipinski definition) is 6. The first-order valence-corrected chi connectivity index (χ1v) is 8.90. The van der Waals surface area contributed by atoms with Gasteiger partial charge in [0.25, 0.3) is 0 Å². The van der Waals surface area contributed by atoms with Crippen molar-refractivity contribution in [1.29, 1.82) is 0 Å². The van der Waals surface area contributed by atoms with Crippen LogP contribution in [-0.4, -0.2) is 83.6 Å². The fourth-order valence-electron chi connectivity index (χ4n) is 1.62. The molecule has 4 unspecified atom stereocenters. The molecular weight excluding hydrogens is 406 g/mol. The molecule has 0 aliphatic heterocycles. The van der Waals surface area contributed by atoms with Gasteiger partial charge in [-0.3, -0.25) is 14.4 Å². The molecule has 1 aromatic carbocycles. The second-order valence-corrected chi connectivity index (χ2v) is 6.06. The summed E-state index contributed by atoms with van der Waals surface area (Å²) < 4.78 is 3.51. The highest BCUT2D eigenvalue weighted by Crippen LogP contribution is 2.06. The van der Waals surface area contributed by atoms with E-state index < -0.39 is 42.6 Å². The minimum atomic E-state index is -2.11. The summed E-state index contributed by atoms with van der Waals surface area (Å²) >= 11 is 1.35. The van der Waals surface area contributed by atoms with Crippen LogP contribution >= 0.6 is 11.5 Å². The van der Waals surface area contributed by atoms with Crippen molar-refractivity contribution in [2.75, 3.05) is 6.61 Å². The quantitative estimate of drug-likeness (QED) is 0.265. The van der Waals surface area contributed by atoms with Gasteiger partial charge in [0.2, 0.25) is 11.7 Å². The molecule has 160 valence electrons. The molecule has 0 aliphatic carbocycles. The number of aliphatic hydroxyl groups is 5. The second kappa shape index (κ2) is 14.4. The Labute approximate surface area is 170 Å². The predicted molar refractivity (Wildman–Crippen MR) is 102 cm³/mol. The normalized spacial score (nSPS) is 14.0. The Morgan fingerprint density at radius 3 is 1.97 bits per heavy atom. The molecule has 1 aromatic heterocycles. The van der Waals surface area contributed by atoms with Crippen LogP contribution in [0.5, 0.6) is 0 Å². The third-order valence-corrected chi connectivity index (χ3v) is 3.64. The molecule has 29 heavy (non-hydrogen) atoms. The molecule has 0 saturated carbocycles. The van der Waals surface area contributed by atoms with Crippen molar-refractivity contribution in [3.05, 3.63) is 47.5 Å². The molecule has 0 fully saturated rings. The molecule has 0 aliphatic rings. The highest BCUT2D eigenvalue weighted by molar-refractivity contribution is 7.03. The van der Waals surface area contributed by atoms with Crippen molar-refractivity contribution < 1.29 is 39.9 Å². The maximum Gasteiger partial charge on any atom is 0.248 e. The summed E-state index contributed by atoms with van der Waals surface area (Å²) in [6, 6.07) is 8.76. The molecule has 7 N–H and O–H groups in total. The minimum absolute atomic E-state index is 0.379. The van der Waals surface area contributed by atoms with E-state index in [1.165, 1.54) is 11.5 Å². The SMILES string of the molecule is CC(=O)C(=O)C(O)C(O)C(O)C(O)CO.NC(=O)c1ccccc1.c1csnn1. The summed E-state index contributed by atoms with van der Waals surface area (Å²) in [5, 5.41) is 50.0. The van der Waals surface area contributed by atoms with E-state index in [1.807, 2.05) is 11.4 Å². The smallest absolute Gasteiger partial charge is 0.248 e. The molecule has 11 nitrogen and oxygen atoms in total. The maximum absolute atomic E-state index is 10.9. The number of amides is 1. The zero-order valence-electron chi connectivity index (χ0n) is 15.4. The average molecular weight is 429 g/mol. The number of nitrogens with two attached hydrogens (primary N) is 1. The topological polar surface area (TPSA) is 204 Å². The van der Waals surface area contributed by atoms with E-state index in [2.05, 4.69) is 9.59 Å². The first-order valence-electron chi connectivity index (χ1n) is 8.07. The van der Waals surface area contributed by atoms with E-state index in [9.17, 15) is 14.4 Å². The third kappa shape index (κ3) is 10.5.